The Kier molecular flexibility index (Phi) is 3.87. The highest BCUT2D eigenvalue weighted by atomic mass is 16.6. The minimum Gasteiger partial charge on any atom is -0.459 e. The summed E-state index contributed by atoms with van der Waals surface area (Å²) in [6, 6.07) is 19.5. The van der Waals surface area contributed by atoms with E-state index >= 15 is 0 Å². The normalized spacial score (nSPS) is 10.5. The Morgan fingerprint density at radius 1 is 0.905 bits per heavy atom. The summed E-state index contributed by atoms with van der Waals surface area (Å²) in [5.41, 5.74) is 2.06. The van der Waals surface area contributed by atoms with Gasteiger partial charge in [-0.25, -0.2) is 4.79 Å². The Hall–Kier alpha value is -2.75. The van der Waals surface area contributed by atoms with Gasteiger partial charge in [0.2, 0.25) is 0 Å². The van der Waals surface area contributed by atoms with Crippen molar-refractivity contribution in [2.75, 3.05) is 0 Å². The zero-order valence-corrected chi connectivity index (χ0v) is 11.4. The molecule has 0 atom stereocenters. The average Bonchev–Trinajstić information content (AvgIpc) is 2.87. The zero-order chi connectivity index (χ0) is 14.5. The van der Waals surface area contributed by atoms with Crippen LogP contribution >= 0.6 is 0 Å². The molecule has 1 aromatic heterocycles. The number of hydrogen-bond donors (Lipinski definition) is 0. The number of ether oxygens (including phenoxy) is 1. The fourth-order valence-electron chi connectivity index (χ4n) is 2.04. The molecular formula is C17H15NO3. The highest BCUT2D eigenvalue weighted by Crippen LogP contribution is 2.12. The van der Waals surface area contributed by atoms with Crippen molar-refractivity contribution in [2.45, 2.75) is 13.2 Å². The lowest BCUT2D eigenvalue weighted by atomic mass is 10.2. The SMILES string of the molecule is O=c1oc(OCc2ccccc2)cn1Cc1ccccc1. The van der Waals surface area contributed by atoms with Crippen LogP contribution in [-0.4, -0.2) is 4.57 Å². The van der Waals surface area contributed by atoms with Crippen LogP contribution in [0.1, 0.15) is 11.1 Å². The van der Waals surface area contributed by atoms with Gasteiger partial charge in [0.25, 0.3) is 0 Å². The van der Waals surface area contributed by atoms with Gasteiger partial charge < -0.3 is 9.15 Å². The van der Waals surface area contributed by atoms with Crippen LogP contribution in [-0.2, 0) is 13.2 Å². The zero-order valence-electron chi connectivity index (χ0n) is 11.4. The van der Waals surface area contributed by atoms with E-state index in [0.29, 0.717) is 13.2 Å². The first-order chi connectivity index (χ1) is 10.3. The van der Waals surface area contributed by atoms with E-state index in [2.05, 4.69) is 0 Å². The summed E-state index contributed by atoms with van der Waals surface area (Å²) in [6.07, 6.45) is 1.60. The number of nitrogens with zero attached hydrogens (tertiary/aromatic N) is 1. The fraction of sp³-hybridized carbons (Fsp3) is 0.118. The van der Waals surface area contributed by atoms with Gasteiger partial charge in [-0.05, 0) is 11.1 Å². The number of rotatable bonds is 5. The van der Waals surface area contributed by atoms with E-state index in [1.165, 1.54) is 4.57 Å². The van der Waals surface area contributed by atoms with Crippen LogP contribution in [0.3, 0.4) is 0 Å². The molecule has 0 saturated heterocycles. The molecular weight excluding hydrogens is 266 g/mol. The highest BCUT2D eigenvalue weighted by Gasteiger charge is 2.07. The number of aromatic nitrogens is 1. The molecule has 0 spiro atoms. The molecule has 0 aliphatic rings. The van der Waals surface area contributed by atoms with Gasteiger partial charge in [0.1, 0.15) is 6.61 Å². The van der Waals surface area contributed by atoms with Gasteiger partial charge >= 0.3 is 11.7 Å². The van der Waals surface area contributed by atoms with E-state index in [1.54, 1.807) is 6.20 Å². The Bertz CT molecular complexity index is 744. The van der Waals surface area contributed by atoms with Gasteiger partial charge in [-0.2, -0.15) is 0 Å². The minimum absolute atomic E-state index is 0.236. The van der Waals surface area contributed by atoms with Crippen molar-refractivity contribution >= 4 is 0 Å². The summed E-state index contributed by atoms with van der Waals surface area (Å²) in [6.45, 7) is 0.844. The molecule has 3 aromatic rings. The largest absolute Gasteiger partial charge is 0.459 e. The third kappa shape index (κ3) is 3.42. The summed E-state index contributed by atoms with van der Waals surface area (Å²) in [5.74, 6) is -0.179. The second kappa shape index (κ2) is 6.13. The van der Waals surface area contributed by atoms with Gasteiger partial charge in [-0.1, -0.05) is 60.7 Å². The molecule has 1 heterocycles. The molecule has 2 aromatic carbocycles. The smallest absolute Gasteiger partial charge is 0.422 e. The molecule has 0 saturated carbocycles. The summed E-state index contributed by atoms with van der Waals surface area (Å²) in [7, 11) is 0. The molecule has 21 heavy (non-hydrogen) atoms. The van der Waals surface area contributed by atoms with Crippen LogP contribution in [0.25, 0.3) is 0 Å². The van der Waals surface area contributed by atoms with Crippen molar-refractivity contribution in [3.8, 4) is 5.95 Å². The van der Waals surface area contributed by atoms with Crippen LogP contribution in [0.2, 0.25) is 0 Å². The monoisotopic (exact) mass is 281 g/mol. The van der Waals surface area contributed by atoms with Crippen LogP contribution < -0.4 is 10.5 Å². The maximum absolute atomic E-state index is 11.8. The number of benzene rings is 2. The maximum atomic E-state index is 11.8. The van der Waals surface area contributed by atoms with Crippen molar-refractivity contribution < 1.29 is 9.15 Å². The van der Waals surface area contributed by atoms with Crippen molar-refractivity contribution in [1.82, 2.24) is 4.57 Å². The van der Waals surface area contributed by atoms with Gasteiger partial charge in [0.15, 0.2) is 0 Å². The number of oxazole rings is 1. The van der Waals surface area contributed by atoms with Crippen molar-refractivity contribution in [3.05, 3.63) is 88.5 Å². The Morgan fingerprint density at radius 3 is 2.19 bits per heavy atom. The molecule has 0 amide bonds. The first-order valence-corrected chi connectivity index (χ1v) is 6.72. The Labute approximate surface area is 122 Å². The molecule has 0 aliphatic heterocycles. The second-order valence-corrected chi connectivity index (χ2v) is 4.70. The molecule has 0 aliphatic carbocycles. The predicted octanol–water partition coefficient (Wildman–Crippen LogP) is 3.07. The van der Waals surface area contributed by atoms with Crippen molar-refractivity contribution in [1.29, 1.82) is 0 Å². The highest BCUT2D eigenvalue weighted by molar-refractivity contribution is 5.16. The third-order valence-corrected chi connectivity index (χ3v) is 3.10. The standard InChI is InChI=1S/C17H15NO3/c19-17-18(11-14-7-3-1-4-8-14)12-16(21-17)20-13-15-9-5-2-6-10-15/h1-10,12H,11,13H2. The molecule has 0 bridgehead atoms. The first-order valence-electron chi connectivity index (χ1n) is 6.72. The summed E-state index contributed by atoms with van der Waals surface area (Å²) >= 11 is 0. The van der Waals surface area contributed by atoms with Gasteiger partial charge in [-0.3, -0.25) is 4.57 Å². The van der Waals surface area contributed by atoms with Crippen molar-refractivity contribution in [2.24, 2.45) is 0 Å². The van der Waals surface area contributed by atoms with E-state index in [9.17, 15) is 4.79 Å². The number of hydrogen-bond acceptors (Lipinski definition) is 3. The molecule has 106 valence electrons. The van der Waals surface area contributed by atoms with Crippen LogP contribution in [0, 0.1) is 0 Å². The molecule has 0 unspecified atom stereocenters. The molecule has 4 heteroatoms. The predicted molar refractivity (Wildman–Crippen MR) is 79.3 cm³/mol. The fourth-order valence-corrected chi connectivity index (χ4v) is 2.04. The molecule has 4 nitrogen and oxygen atoms in total. The minimum atomic E-state index is -0.415. The molecule has 0 N–H and O–H groups in total. The van der Waals surface area contributed by atoms with Gasteiger partial charge in [0.05, 0.1) is 12.7 Å². The topological polar surface area (TPSA) is 44.4 Å². The quantitative estimate of drug-likeness (QED) is 0.722. The van der Waals surface area contributed by atoms with E-state index < -0.39 is 5.76 Å². The summed E-state index contributed by atoms with van der Waals surface area (Å²) in [4.78, 5) is 11.8. The van der Waals surface area contributed by atoms with Crippen LogP contribution in [0.5, 0.6) is 5.95 Å². The van der Waals surface area contributed by atoms with E-state index in [0.717, 1.165) is 11.1 Å². The van der Waals surface area contributed by atoms with Crippen LogP contribution in [0.15, 0.2) is 76.1 Å². The lowest BCUT2D eigenvalue weighted by Crippen LogP contribution is -2.13. The van der Waals surface area contributed by atoms with Gasteiger partial charge in [0, 0.05) is 0 Å². The summed E-state index contributed by atoms with van der Waals surface area (Å²) in [5, 5.41) is 0. The molecule has 3 rings (SSSR count). The average molecular weight is 281 g/mol. The van der Waals surface area contributed by atoms with E-state index in [-0.39, 0.29) is 5.95 Å². The van der Waals surface area contributed by atoms with Crippen molar-refractivity contribution in [3.63, 3.8) is 0 Å². The maximum Gasteiger partial charge on any atom is 0.422 e. The lowest BCUT2D eigenvalue weighted by molar-refractivity contribution is 0.226. The Balaban J connectivity index is 1.68. The van der Waals surface area contributed by atoms with E-state index in [1.807, 2.05) is 60.7 Å². The lowest BCUT2D eigenvalue weighted by Gasteiger charge is -2.01. The third-order valence-electron chi connectivity index (χ3n) is 3.10. The second-order valence-electron chi connectivity index (χ2n) is 4.70. The molecule has 0 radical (unpaired) electrons. The van der Waals surface area contributed by atoms with Gasteiger partial charge in [-0.15, -0.1) is 0 Å². The summed E-state index contributed by atoms with van der Waals surface area (Å²) < 4.78 is 12.1. The van der Waals surface area contributed by atoms with E-state index in [4.69, 9.17) is 9.15 Å². The molecule has 0 fully saturated rings. The van der Waals surface area contributed by atoms with Crippen LogP contribution in [0.4, 0.5) is 0 Å². The first kappa shape index (κ1) is 13.2. The Morgan fingerprint density at radius 2 is 1.52 bits per heavy atom.